The normalized spacial score (nSPS) is 13.7. The van der Waals surface area contributed by atoms with Crippen molar-refractivity contribution in [1.29, 1.82) is 0 Å². The maximum Gasteiger partial charge on any atom is 0.322 e. The number of rotatable bonds is 7. The standard InChI is InChI=1S/C15H23NO4/c1-10-5-6-14(11(2)7-10)20-9-13(17)8-16-12(3)15(18)19-4/h5-7,12-13,16-17H,8-9H2,1-4H3. The van der Waals surface area contributed by atoms with Gasteiger partial charge in [0.2, 0.25) is 0 Å². The number of esters is 1. The highest BCUT2D eigenvalue weighted by atomic mass is 16.5. The smallest absolute Gasteiger partial charge is 0.322 e. The third kappa shape index (κ3) is 5.19. The first-order valence-corrected chi connectivity index (χ1v) is 6.63. The molecule has 1 rings (SSSR count). The van der Waals surface area contributed by atoms with Gasteiger partial charge in [0.05, 0.1) is 7.11 Å². The van der Waals surface area contributed by atoms with Gasteiger partial charge in [0.1, 0.15) is 24.5 Å². The van der Waals surface area contributed by atoms with Gasteiger partial charge in [-0.25, -0.2) is 0 Å². The van der Waals surface area contributed by atoms with Crippen molar-refractivity contribution in [3.8, 4) is 5.75 Å². The van der Waals surface area contributed by atoms with Crippen LogP contribution in [-0.4, -0.2) is 43.5 Å². The van der Waals surface area contributed by atoms with Gasteiger partial charge in [-0.05, 0) is 32.4 Å². The fourth-order valence-corrected chi connectivity index (χ4v) is 1.78. The molecule has 1 aromatic carbocycles. The van der Waals surface area contributed by atoms with E-state index in [0.717, 1.165) is 11.3 Å². The first-order chi connectivity index (χ1) is 9.43. The monoisotopic (exact) mass is 281 g/mol. The van der Waals surface area contributed by atoms with Gasteiger partial charge in [0.15, 0.2) is 0 Å². The lowest BCUT2D eigenvalue weighted by Crippen LogP contribution is -2.41. The molecule has 20 heavy (non-hydrogen) atoms. The molecule has 0 spiro atoms. The number of methoxy groups -OCH3 is 1. The summed E-state index contributed by atoms with van der Waals surface area (Å²) in [5.74, 6) is 0.406. The van der Waals surface area contributed by atoms with E-state index in [4.69, 9.17) is 4.74 Å². The molecule has 0 bridgehead atoms. The van der Waals surface area contributed by atoms with Crippen molar-refractivity contribution in [1.82, 2.24) is 5.32 Å². The number of nitrogens with one attached hydrogen (secondary N) is 1. The van der Waals surface area contributed by atoms with Gasteiger partial charge >= 0.3 is 5.97 Å². The second-order valence-corrected chi connectivity index (χ2v) is 4.89. The van der Waals surface area contributed by atoms with Crippen LogP contribution in [0.4, 0.5) is 0 Å². The van der Waals surface area contributed by atoms with Crippen LogP contribution in [0.5, 0.6) is 5.75 Å². The average molecular weight is 281 g/mol. The second kappa shape index (κ2) is 7.87. The highest BCUT2D eigenvalue weighted by molar-refractivity contribution is 5.75. The van der Waals surface area contributed by atoms with E-state index in [1.807, 2.05) is 32.0 Å². The topological polar surface area (TPSA) is 67.8 Å². The number of aliphatic hydroxyl groups excluding tert-OH is 1. The maximum atomic E-state index is 11.2. The van der Waals surface area contributed by atoms with E-state index in [0.29, 0.717) is 0 Å². The lowest BCUT2D eigenvalue weighted by molar-refractivity contribution is -0.142. The molecule has 5 heteroatoms. The molecule has 0 saturated heterocycles. The molecule has 0 radical (unpaired) electrons. The number of ether oxygens (including phenoxy) is 2. The maximum absolute atomic E-state index is 11.2. The SMILES string of the molecule is COC(=O)C(C)NCC(O)COc1ccc(C)cc1C. The quantitative estimate of drug-likeness (QED) is 0.735. The van der Waals surface area contributed by atoms with Gasteiger partial charge in [-0.2, -0.15) is 0 Å². The Labute approximate surface area is 119 Å². The molecule has 0 aliphatic heterocycles. The van der Waals surface area contributed by atoms with Crippen LogP contribution in [0, 0.1) is 13.8 Å². The first kappa shape index (κ1) is 16.5. The van der Waals surface area contributed by atoms with Crippen molar-refractivity contribution in [3.05, 3.63) is 29.3 Å². The lowest BCUT2D eigenvalue weighted by Gasteiger charge is -2.17. The summed E-state index contributed by atoms with van der Waals surface area (Å²) >= 11 is 0. The van der Waals surface area contributed by atoms with Gasteiger partial charge in [0.25, 0.3) is 0 Å². The fourth-order valence-electron chi connectivity index (χ4n) is 1.78. The number of carbonyl (C=O) groups is 1. The van der Waals surface area contributed by atoms with Crippen LogP contribution in [0.15, 0.2) is 18.2 Å². The van der Waals surface area contributed by atoms with E-state index in [1.54, 1.807) is 6.92 Å². The molecule has 0 heterocycles. The van der Waals surface area contributed by atoms with Gasteiger partial charge in [-0.1, -0.05) is 17.7 Å². The third-order valence-electron chi connectivity index (χ3n) is 2.98. The molecule has 0 aliphatic carbocycles. The summed E-state index contributed by atoms with van der Waals surface area (Å²) in [6.45, 7) is 6.10. The zero-order chi connectivity index (χ0) is 15.1. The predicted molar refractivity (Wildman–Crippen MR) is 76.9 cm³/mol. The van der Waals surface area contributed by atoms with Crippen LogP contribution in [0.1, 0.15) is 18.1 Å². The van der Waals surface area contributed by atoms with Crippen LogP contribution in [0.25, 0.3) is 0 Å². The average Bonchev–Trinajstić information content (AvgIpc) is 2.42. The Morgan fingerprint density at radius 3 is 2.70 bits per heavy atom. The number of aliphatic hydroxyl groups is 1. The molecular weight excluding hydrogens is 258 g/mol. The van der Waals surface area contributed by atoms with Crippen LogP contribution in [0.2, 0.25) is 0 Å². The Bertz CT molecular complexity index is 447. The van der Waals surface area contributed by atoms with E-state index in [2.05, 4.69) is 10.1 Å². The van der Waals surface area contributed by atoms with Crippen molar-refractivity contribution >= 4 is 5.97 Å². The molecule has 0 aromatic heterocycles. The second-order valence-electron chi connectivity index (χ2n) is 4.89. The zero-order valence-electron chi connectivity index (χ0n) is 12.5. The summed E-state index contributed by atoms with van der Waals surface area (Å²) < 4.78 is 10.2. The molecule has 2 unspecified atom stereocenters. The van der Waals surface area contributed by atoms with Crippen molar-refractivity contribution in [2.45, 2.75) is 32.9 Å². The van der Waals surface area contributed by atoms with E-state index < -0.39 is 12.1 Å². The van der Waals surface area contributed by atoms with Crippen LogP contribution in [0.3, 0.4) is 0 Å². The summed E-state index contributed by atoms with van der Waals surface area (Å²) in [6.07, 6.45) is -0.692. The van der Waals surface area contributed by atoms with Crippen molar-refractivity contribution in [3.63, 3.8) is 0 Å². The number of benzene rings is 1. The Morgan fingerprint density at radius 2 is 2.10 bits per heavy atom. The minimum Gasteiger partial charge on any atom is -0.491 e. The van der Waals surface area contributed by atoms with E-state index in [1.165, 1.54) is 12.7 Å². The van der Waals surface area contributed by atoms with Crippen molar-refractivity contribution in [2.24, 2.45) is 0 Å². The summed E-state index contributed by atoms with van der Waals surface area (Å²) in [6, 6.07) is 5.43. The lowest BCUT2D eigenvalue weighted by atomic mass is 10.1. The van der Waals surface area contributed by atoms with Gasteiger partial charge in [0, 0.05) is 6.54 Å². The number of carbonyl (C=O) groups excluding carboxylic acids is 1. The number of hydrogen-bond acceptors (Lipinski definition) is 5. The third-order valence-corrected chi connectivity index (χ3v) is 2.98. The molecule has 0 saturated carbocycles. The zero-order valence-corrected chi connectivity index (χ0v) is 12.5. The number of aryl methyl sites for hydroxylation is 2. The molecule has 2 atom stereocenters. The van der Waals surface area contributed by atoms with Crippen LogP contribution < -0.4 is 10.1 Å². The highest BCUT2D eigenvalue weighted by Gasteiger charge is 2.14. The van der Waals surface area contributed by atoms with E-state index in [9.17, 15) is 9.90 Å². The Hall–Kier alpha value is -1.59. The largest absolute Gasteiger partial charge is 0.491 e. The van der Waals surface area contributed by atoms with Crippen LogP contribution >= 0.6 is 0 Å². The van der Waals surface area contributed by atoms with Crippen molar-refractivity contribution in [2.75, 3.05) is 20.3 Å². The van der Waals surface area contributed by atoms with E-state index in [-0.39, 0.29) is 19.1 Å². The Morgan fingerprint density at radius 1 is 1.40 bits per heavy atom. The molecule has 112 valence electrons. The minimum absolute atomic E-state index is 0.171. The first-order valence-electron chi connectivity index (χ1n) is 6.63. The predicted octanol–water partition coefficient (Wildman–Crippen LogP) is 1.19. The Kier molecular flexibility index (Phi) is 6.48. The molecule has 0 amide bonds. The molecule has 2 N–H and O–H groups in total. The molecule has 1 aromatic rings. The summed E-state index contributed by atoms with van der Waals surface area (Å²) in [5.41, 5.74) is 2.21. The summed E-state index contributed by atoms with van der Waals surface area (Å²) in [5, 5.41) is 12.7. The van der Waals surface area contributed by atoms with Crippen LogP contribution in [-0.2, 0) is 9.53 Å². The molecule has 0 aliphatic rings. The number of hydrogen-bond donors (Lipinski definition) is 2. The molecular formula is C15H23NO4. The van der Waals surface area contributed by atoms with Gasteiger partial charge < -0.3 is 19.9 Å². The summed E-state index contributed by atoms with van der Waals surface area (Å²) in [4.78, 5) is 11.2. The molecule has 5 nitrogen and oxygen atoms in total. The van der Waals surface area contributed by atoms with Crippen molar-refractivity contribution < 1.29 is 19.4 Å². The Balaban J connectivity index is 2.36. The van der Waals surface area contributed by atoms with E-state index >= 15 is 0 Å². The molecule has 0 fully saturated rings. The summed E-state index contributed by atoms with van der Waals surface area (Å²) in [7, 11) is 1.33. The highest BCUT2D eigenvalue weighted by Crippen LogP contribution is 2.18. The minimum atomic E-state index is -0.692. The van der Waals surface area contributed by atoms with Gasteiger partial charge in [-0.3, -0.25) is 4.79 Å². The van der Waals surface area contributed by atoms with Gasteiger partial charge in [-0.15, -0.1) is 0 Å². The fraction of sp³-hybridized carbons (Fsp3) is 0.533.